The Bertz CT molecular complexity index is 424. The number of fused-ring (bicyclic) bond motifs is 1. The molecule has 1 heterocycles. The Morgan fingerprint density at radius 2 is 2.25 bits per heavy atom. The zero-order chi connectivity index (χ0) is 11.8. The van der Waals surface area contributed by atoms with E-state index in [1.165, 1.54) is 12.7 Å². The number of methoxy groups -OCH3 is 1. The molecule has 1 aliphatic heterocycles. The van der Waals surface area contributed by atoms with Crippen molar-refractivity contribution >= 4 is 11.7 Å². The summed E-state index contributed by atoms with van der Waals surface area (Å²) in [7, 11) is 1.41. The fourth-order valence-corrected chi connectivity index (χ4v) is 2.09. The van der Waals surface area contributed by atoms with Gasteiger partial charge in [-0.1, -0.05) is 26.0 Å². The number of hydrogen-bond acceptors (Lipinski definition) is 3. The molecule has 1 N–H and O–H groups in total. The van der Waals surface area contributed by atoms with Crippen molar-refractivity contribution in [2.24, 2.45) is 0 Å². The number of rotatable bonds is 2. The minimum atomic E-state index is -0.197. The lowest BCUT2D eigenvalue weighted by Crippen LogP contribution is -2.18. The van der Waals surface area contributed by atoms with Gasteiger partial charge in [-0.25, -0.2) is 0 Å². The van der Waals surface area contributed by atoms with Gasteiger partial charge in [0, 0.05) is 17.6 Å². The highest BCUT2D eigenvalue weighted by atomic mass is 16.5. The van der Waals surface area contributed by atoms with Crippen LogP contribution in [0.2, 0.25) is 0 Å². The van der Waals surface area contributed by atoms with E-state index in [0.717, 1.165) is 17.8 Å². The van der Waals surface area contributed by atoms with Crippen LogP contribution in [0, 0.1) is 0 Å². The molecule has 0 saturated carbocycles. The molecule has 0 spiro atoms. The van der Waals surface area contributed by atoms with Crippen LogP contribution < -0.4 is 5.32 Å². The molecule has 0 fully saturated rings. The average molecular weight is 219 g/mol. The second-order valence-electron chi connectivity index (χ2n) is 4.87. The maximum absolute atomic E-state index is 11.2. The summed E-state index contributed by atoms with van der Waals surface area (Å²) in [6.45, 7) is 5.38. The predicted molar refractivity (Wildman–Crippen MR) is 63.7 cm³/mol. The molecule has 0 amide bonds. The van der Waals surface area contributed by atoms with Gasteiger partial charge in [0.15, 0.2) is 0 Å². The minimum Gasteiger partial charge on any atom is -0.469 e. The van der Waals surface area contributed by atoms with Crippen molar-refractivity contribution in [3.8, 4) is 0 Å². The molecule has 0 unspecified atom stereocenters. The predicted octanol–water partition coefficient (Wildman–Crippen LogP) is 2.11. The van der Waals surface area contributed by atoms with E-state index in [0.29, 0.717) is 6.42 Å². The van der Waals surface area contributed by atoms with Gasteiger partial charge in [-0.05, 0) is 17.2 Å². The number of anilines is 1. The largest absolute Gasteiger partial charge is 0.469 e. The SMILES string of the molecule is COC(=O)Cc1ccc2c(c1)NCC2(C)C. The molecule has 2 rings (SSSR count). The van der Waals surface area contributed by atoms with Gasteiger partial charge in [-0.3, -0.25) is 4.79 Å². The smallest absolute Gasteiger partial charge is 0.309 e. The van der Waals surface area contributed by atoms with Crippen LogP contribution in [-0.4, -0.2) is 19.6 Å². The molecule has 0 radical (unpaired) electrons. The van der Waals surface area contributed by atoms with E-state index in [-0.39, 0.29) is 11.4 Å². The molecular weight excluding hydrogens is 202 g/mol. The Balaban J connectivity index is 2.25. The van der Waals surface area contributed by atoms with Crippen LogP contribution in [0.3, 0.4) is 0 Å². The van der Waals surface area contributed by atoms with Crippen molar-refractivity contribution in [3.05, 3.63) is 29.3 Å². The van der Waals surface area contributed by atoms with Crippen LogP contribution in [0.25, 0.3) is 0 Å². The molecule has 1 aliphatic rings. The molecule has 0 aromatic heterocycles. The van der Waals surface area contributed by atoms with Crippen LogP contribution in [0.4, 0.5) is 5.69 Å². The number of esters is 1. The highest BCUT2D eigenvalue weighted by molar-refractivity contribution is 5.73. The lowest BCUT2D eigenvalue weighted by atomic mass is 9.86. The van der Waals surface area contributed by atoms with Gasteiger partial charge in [-0.2, -0.15) is 0 Å². The van der Waals surface area contributed by atoms with E-state index in [9.17, 15) is 4.79 Å². The first kappa shape index (κ1) is 11.0. The third kappa shape index (κ3) is 1.90. The van der Waals surface area contributed by atoms with E-state index >= 15 is 0 Å². The van der Waals surface area contributed by atoms with Crippen molar-refractivity contribution in [2.45, 2.75) is 25.7 Å². The highest BCUT2D eigenvalue weighted by Crippen LogP contribution is 2.36. The Morgan fingerprint density at radius 1 is 1.50 bits per heavy atom. The lowest BCUT2D eigenvalue weighted by molar-refractivity contribution is -0.139. The fraction of sp³-hybridized carbons (Fsp3) is 0.462. The zero-order valence-corrected chi connectivity index (χ0v) is 9.96. The molecule has 3 heteroatoms. The highest BCUT2D eigenvalue weighted by Gasteiger charge is 2.29. The average Bonchev–Trinajstić information content (AvgIpc) is 2.54. The third-order valence-corrected chi connectivity index (χ3v) is 3.11. The summed E-state index contributed by atoms with van der Waals surface area (Å²) >= 11 is 0. The van der Waals surface area contributed by atoms with E-state index in [1.54, 1.807) is 0 Å². The Kier molecular flexibility index (Phi) is 2.62. The molecule has 0 bridgehead atoms. The van der Waals surface area contributed by atoms with Gasteiger partial charge in [0.2, 0.25) is 0 Å². The summed E-state index contributed by atoms with van der Waals surface area (Å²) < 4.78 is 4.66. The maximum Gasteiger partial charge on any atom is 0.309 e. The first-order chi connectivity index (χ1) is 7.53. The van der Waals surface area contributed by atoms with Crippen molar-refractivity contribution < 1.29 is 9.53 Å². The Hall–Kier alpha value is -1.51. The molecule has 86 valence electrons. The fourth-order valence-electron chi connectivity index (χ4n) is 2.09. The summed E-state index contributed by atoms with van der Waals surface area (Å²) in [5.41, 5.74) is 3.64. The molecular formula is C13H17NO2. The minimum absolute atomic E-state index is 0.180. The van der Waals surface area contributed by atoms with Gasteiger partial charge in [0.05, 0.1) is 13.5 Å². The summed E-state index contributed by atoms with van der Waals surface area (Å²) in [4.78, 5) is 11.2. The normalized spacial score (nSPS) is 16.4. The van der Waals surface area contributed by atoms with Gasteiger partial charge in [-0.15, -0.1) is 0 Å². The third-order valence-electron chi connectivity index (χ3n) is 3.11. The number of carbonyl (C=O) groups is 1. The second-order valence-corrected chi connectivity index (χ2v) is 4.87. The second kappa shape index (κ2) is 3.81. The van der Waals surface area contributed by atoms with Crippen LogP contribution in [0.5, 0.6) is 0 Å². The number of carbonyl (C=O) groups excluding carboxylic acids is 1. The topological polar surface area (TPSA) is 38.3 Å². The van der Waals surface area contributed by atoms with Crippen molar-refractivity contribution in [1.82, 2.24) is 0 Å². The quantitative estimate of drug-likeness (QED) is 0.774. The first-order valence-electron chi connectivity index (χ1n) is 5.47. The summed E-state index contributed by atoms with van der Waals surface area (Å²) in [5.74, 6) is -0.197. The Morgan fingerprint density at radius 3 is 2.94 bits per heavy atom. The van der Waals surface area contributed by atoms with E-state index in [1.807, 2.05) is 12.1 Å². The van der Waals surface area contributed by atoms with Crippen molar-refractivity contribution in [1.29, 1.82) is 0 Å². The number of ether oxygens (including phenoxy) is 1. The Labute approximate surface area is 95.8 Å². The number of nitrogens with one attached hydrogen (secondary N) is 1. The van der Waals surface area contributed by atoms with Crippen molar-refractivity contribution in [3.63, 3.8) is 0 Å². The lowest BCUT2D eigenvalue weighted by Gasteiger charge is -2.16. The summed E-state index contributed by atoms with van der Waals surface area (Å²) in [6, 6.07) is 6.15. The zero-order valence-electron chi connectivity index (χ0n) is 9.96. The van der Waals surface area contributed by atoms with Crippen LogP contribution in [0.1, 0.15) is 25.0 Å². The number of hydrogen-bond donors (Lipinski definition) is 1. The monoisotopic (exact) mass is 219 g/mol. The van der Waals surface area contributed by atoms with Gasteiger partial charge in [0.1, 0.15) is 0 Å². The molecule has 1 aromatic rings. The first-order valence-corrected chi connectivity index (χ1v) is 5.47. The van der Waals surface area contributed by atoms with Gasteiger partial charge in [0.25, 0.3) is 0 Å². The van der Waals surface area contributed by atoms with Crippen LogP contribution in [-0.2, 0) is 21.4 Å². The standard InChI is InChI=1S/C13H17NO2/c1-13(2)8-14-11-6-9(4-5-10(11)13)7-12(15)16-3/h4-6,14H,7-8H2,1-3H3. The molecule has 0 aliphatic carbocycles. The molecule has 0 atom stereocenters. The molecule has 3 nitrogen and oxygen atoms in total. The van der Waals surface area contributed by atoms with Crippen LogP contribution in [0.15, 0.2) is 18.2 Å². The maximum atomic E-state index is 11.2. The van der Waals surface area contributed by atoms with E-state index < -0.39 is 0 Å². The molecule has 0 saturated heterocycles. The van der Waals surface area contributed by atoms with Crippen molar-refractivity contribution in [2.75, 3.05) is 19.0 Å². The number of benzene rings is 1. The molecule has 16 heavy (non-hydrogen) atoms. The summed E-state index contributed by atoms with van der Waals surface area (Å²) in [5, 5.41) is 3.37. The summed E-state index contributed by atoms with van der Waals surface area (Å²) in [6.07, 6.45) is 0.339. The van der Waals surface area contributed by atoms with E-state index in [2.05, 4.69) is 30.0 Å². The van der Waals surface area contributed by atoms with E-state index in [4.69, 9.17) is 0 Å². The van der Waals surface area contributed by atoms with Gasteiger partial charge < -0.3 is 10.1 Å². The molecule has 1 aromatic carbocycles. The van der Waals surface area contributed by atoms with Crippen LogP contribution >= 0.6 is 0 Å². The van der Waals surface area contributed by atoms with Gasteiger partial charge >= 0.3 is 5.97 Å².